The van der Waals surface area contributed by atoms with E-state index in [1.165, 1.54) is 15.6 Å². The molecule has 18 heavy (non-hydrogen) atoms. The van der Waals surface area contributed by atoms with Crippen molar-refractivity contribution in [2.45, 2.75) is 0 Å². The summed E-state index contributed by atoms with van der Waals surface area (Å²) in [7, 11) is 0. The Balaban J connectivity index is 2.02. The van der Waals surface area contributed by atoms with Crippen molar-refractivity contribution in [3.8, 4) is 10.6 Å². The van der Waals surface area contributed by atoms with Gasteiger partial charge < -0.3 is 0 Å². The molecule has 0 unspecified atom stereocenters. The fourth-order valence-corrected chi connectivity index (χ4v) is 4.02. The molecule has 0 aliphatic rings. The van der Waals surface area contributed by atoms with Crippen LogP contribution >= 0.6 is 22.7 Å². The SMILES string of the molecule is [2H]c1cnc2c(-c3cc4sccc4s3)nccc2n1. The summed E-state index contributed by atoms with van der Waals surface area (Å²) in [6.07, 6.45) is 3.36. The van der Waals surface area contributed by atoms with Gasteiger partial charge in [0.05, 0.1) is 11.8 Å². The maximum absolute atomic E-state index is 7.53. The number of hydrogen-bond acceptors (Lipinski definition) is 5. The molecule has 3 nitrogen and oxygen atoms in total. The first kappa shape index (κ1) is 9.13. The zero-order valence-corrected chi connectivity index (χ0v) is 10.8. The smallest absolute Gasteiger partial charge is 0.116 e. The zero-order valence-electron chi connectivity index (χ0n) is 10.1. The molecule has 0 radical (unpaired) electrons. The average Bonchev–Trinajstić information content (AvgIpc) is 2.98. The summed E-state index contributed by atoms with van der Waals surface area (Å²) in [5.74, 6) is 0. The predicted octanol–water partition coefficient (Wildman–Crippen LogP) is 3.97. The summed E-state index contributed by atoms with van der Waals surface area (Å²) >= 11 is 3.44. The Kier molecular flexibility index (Phi) is 1.94. The molecule has 0 atom stereocenters. The van der Waals surface area contributed by atoms with Crippen LogP contribution < -0.4 is 0 Å². The van der Waals surface area contributed by atoms with Gasteiger partial charge >= 0.3 is 0 Å². The minimum atomic E-state index is 0.178. The average molecular weight is 270 g/mol. The first-order chi connectivity index (χ1) is 9.31. The lowest BCUT2D eigenvalue weighted by molar-refractivity contribution is 1.25. The van der Waals surface area contributed by atoms with E-state index in [1.54, 1.807) is 34.9 Å². The van der Waals surface area contributed by atoms with E-state index in [4.69, 9.17) is 1.37 Å². The van der Waals surface area contributed by atoms with Crippen LogP contribution in [0.15, 0.2) is 42.1 Å². The Morgan fingerprint density at radius 3 is 3.00 bits per heavy atom. The van der Waals surface area contributed by atoms with Crippen LogP contribution in [-0.2, 0) is 0 Å². The normalized spacial score (nSPS) is 12.1. The maximum Gasteiger partial charge on any atom is 0.116 e. The molecule has 0 fully saturated rings. The number of aromatic nitrogens is 3. The molecule has 0 bridgehead atoms. The molecule has 0 aliphatic heterocycles. The van der Waals surface area contributed by atoms with Crippen molar-refractivity contribution in [3.05, 3.63) is 42.1 Å². The summed E-state index contributed by atoms with van der Waals surface area (Å²) in [4.78, 5) is 14.0. The quantitative estimate of drug-likeness (QED) is 0.525. The van der Waals surface area contributed by atoms with Gasteiger partial charge in [0.25, 0.3) is 0 Å². The highest BCUT2D eigenvalue weighted by molar-refractivity contribution is 7.28. The van der Waals surface area contributed by atoms with Gasteiger partial charge in [0.15, 0.2) is 0 Å². The van der Waals surface area contributed by atoms with Crippen LogP contribution in [0.4, 0.5) is 0 Å². The minimum absolute atomic E-state index is 0.178. The molecule has 5 heteroatoms. The van der Waals surface area contributed by atoms with E-state index in [2.05, 4.69) is 32.5 Å². The lowest BCUT2D eigenvalue weighted by atomic mass is 10.2. The van der Waals surface area contributed by atoms with Crippen LogP contribution in [0.25, 0.3) is 31.0 Å². The molecule has 0 amide bonds. The Hall–Kier alpha value is -1.85. The molecule has 0 saturated heterocycles. The van der Waals surface area contributed by atoms with E-state index in [0.29, 0.717) is 5.52 Å². The monoisotopic (exact) mass is 270 g/mol. The van der Waals surface area contributed by atoms with E-state index in [9.17, 15) is 0 Å². The second kappa shape index (κ2) is 3.83. The summed E-state index contributed by atoms with van der Waals surface area (Å²) in [5, 5.41) is 2.09. The molecule has 4 heterocycles. The van der Waals surface area contributed by atoms with Gasteiger partial charge in [-0.2, -0.15) is 0 Å². The Morgan fingerprint density at radius 2 is 2.06 bits per heavy atom. The Labute approximate surface area is 112 Å². The largest absolute Gasteiger partial charge is 0.253 e. The summed E-state index contributed by atoms with van der Waals surface area (Å²) in [6.45, 7) is 0. The van der Waals surface area contributed by atoms with Crippen molar-refractivity contribution < 1.29 is 1.37 Å². The third kappa shape index (κ3) is 1.45. The van der Waals surface area contributed by atoms with Crippen LogP contribution in [0.3, 0.4) is 0 Å². The Bertz CT molecular complexity index is 869. The van der Waals surface area contributed by atoms with Crippen molar-refractivity contribution in [1.82, 2.24) is 15.0 Å². The standard InChI is InChI=1S/C13H7N3S2/c1-3-15-13(12-8(1)14-4-5-16-12)11-7-10-9(18-11)2-6-17-10/h1-7H/i4D. The van der Waals surface area contributed by atoms with Crippen LogP contribution in [0.2, 0.25) is 0 Å². The molecular weight excluding hydrogens is 262 g/mol. The molecule has 0 spiro atoms. The molecule has 86 valence electrons. The van der Waals surface area contributed by atoms with Gasteiger partial charge in [-0.15, -0.1) is 22.7 Å². The molecule has 0 N–H and O–H groups in total. The number of fused-ring (bicyclic) bond motifs is 2. The van der Waals surface area contributed by atoms with Gasteiger partial charge in [0, 0.05) is 28.0 Å². The first-order valence-electron chi connectivity index (χ1n) is 5.87. The van der Waals surface area contributed by atoms with Gasteiger partial charge in [-0.05, 0) is 23.6 Å². The van der Waals surface area contributed by atoms with Crippen molar-refractivity contribution in [2.75, 3.05) is 0 Å². The number of hydrogen-bond donors (Lipinski definition) is 0. The summed E-state index contributed by atoms with van der Waals surface area (Å²) in [5.41, 5.74) is 2.32. The van der Waals surface area contributed by atoms with E-state index < -0.39 is 0 Å². The number of thiophene rings is 2. The predicted molar refractivity (Wildman–Crippen MR) is 76.0 cm³/mol. The fraction of sp³-hybridized carbons (Fsp3) is 0. The van der Waals surface area contributed by atoms with Gasteiger partial charge in [-0.25, -0.2) is 0 Å². The fourth-order valence-electron chi connectivity index (χ4n) is 1.92. The first-order valence-corrected chi connectivity index (χ1v) is 7.07. The second-order valence-electron chi connectivity index (χ2n) is 3.79. The van der Waals surface area contributed by atoms with Gasteiger partial charge in [-0.3, -0.25) is 15.0 Å². The third-order valence-electron chi connectivity index (χ3n) is 2.71. The van der Waals surface area contributed by atoms with Gasteiger partial charge in [0.1, 0.15) is 11.2 Å². The lowest BCUT2D eigenvalue weighted by Gasteiger charge is -2.00. The van der Waals surface area contributed by atoms with Crippen LogP contribution in [-0.4, -0.2) is 15.0 Å². The molecule has 4 rings (SSSR count). The third-order valence-corrected chi connectivity index (χ3v) is 4.81. The maximum atomic E-state index is 7.53. The van der Waals surface area contributed by atoms with Crippen molar-refractivity contribution in [1.29, 1.82) is 0 Å². The number of pyridine rings is 1. The van der Waals surface area contributed by atoms with Gasteiger partial charge in [-0.1, -0.05) is 0 Å². The molecular formula is C13H7N3S2. The van der Waals surface area contributed by atoms with Crippen molar-refractivity contribution >= 4 is 43.1 Å². The Morgan fingerprint density at radius 1 is 1.06 bits per heavy atom. The van der Waals surface area contributed by atoms with Gasteiger partial charge in [0.2, 0.25) is 0 Å². The molecule has 4 aromatic heterocycles. The van der Waals surface area contributed by atoms with Crippen LogP contribution in [0.1, 0.15) is 1.37 Å². The van der Waals surface area contributed by atoms with E-state index in [-0.39, 0.29) is 6.17 Å². The molecule has 0 aromatic carbocycles. The lowest BCUT2D eigenvalue weighted by Crippen LogP contribution is -1.88. The van der Waals surface area contributed by atoms with E-state index in [0.717, 1.165) is 16.1 Å². The van der Waals surface area contributed by atoms with Crippen LogP contribution in [0.5, 0.6) is 0 Å². The van der Waals surface area contributed by atoms with E-state index in [1.807, 2.05) is 0 Å². The number of nitrogens with zero attached hydrogens (tertiary/aromatic N) is 3. The van der Waals surface area contributed by atoms with Crippen molar-refractivity contribution in [3.63, 3.8) is 0 Å². The molecule has 0 aliphatic carbocycles. The highest BCUT2D eigenvalue weighted by Crippen LogP contribution is 2.37. The molecule has 4 aromatic rings. The van der Waals surface area contributed by atoms with Crippen molar-refractivity contribution in [2.24, 2.45) is 0 Å². The highest BCUT2D eigenvalue weighted by Gasteiger charge is 2.10. The summed E-state index contributed by atoms with van der Waals surface area (Å²) < 4.78 is 10.1. The highest BCUT2D eigenvalue weighted by atomic mass is 32.1. The second-order valence-corrected chi connectivity index (χ2v) is 5.82. The van der Waals surface area contributed by atoms with E-state index >= 15 is 0 Å². The topological polar surface area (TPSA) is 38.7 Å². The summed E-state index contributed by atoms with van der Waals surface area (Å²) in [6, 6.07) is 6.05. The molecule has 0 saturated carbocycles. The zero-order chi connectivity index (χ0) is 12.8. The number of rotatable bonds is 1. The minimum Gasteiger partial charge on any atom is -0.253 e. The van der Waals surface area contributed by atoms with Crippen LogP contribution in [0, 0.1) is 0 Å².